The Morgan fingerprint density at radius 1 is 1.29 bits per heavy atom. The molecule has 2 N–H and O–H groups in total. The van der Waals surface area contributed by atoms with Gasteiger partial charge in [-0.1, -0.05) is 6.07 Å². The minimum atomic E-state index is -2.93. The number of methoxy groups -OCH3 is 1. The molecule has 1 aromatic carbocycles. The van der Waals surface area contributed by atoms with Crippen molar-refractivity contribution in [2.75, 3.05) is 33.3 Å². The van der Waals surface area contributed by atoms with Gasteiger partial charge in [0.1, 0.15) is 0 Å². The minimum Gasteiger partial charge on any atom is -0.493 e. The lowest BCUT2D eigenvalue weighted by atomic mass is 9.97. The molecule has 0 aliphatic carbocycles. The third kappa shape index (κ3) is 7.47. The second kappa shape index (κ2) is 11.7. The molecule has 28 heavy (non-hydrogen) atoms. The first-order valence-corrected chi connectivity index (χ1v) is 8.72. The van der Waals surface area contributed by atoms with E-state index in [0.29, 0.717) is 38.9 Å². The topological polar surface area (TPSA) is 88.1 Å². The van der Waals surface area contributed by atoms with Gasteiger partial charge in [0.2, 0.25) is 5.91 Å². The number of carboxylic acid groups (broad SMARTS) is 1. The number of rotatable bonds is 9. The number of ether oxygens (including phenoxy) is 2. The van der Waals surface area contributed by atoms with E-state index in [1.807, 2.05) is 4.90 Å². The molecule has 1 aromatic rings. The monoisotopic (exact) mass is 422 g/mol. The fourth-order valence-corrected chi connectivity index (χ4v) is 3.00. The van der Waals surface area contributed by atoms with Crippen LogP contribution in [0, 0.1) is 5.92 Å². The van der Waals surface area contributed by atoms with Gasteiger partial charge in [0.05, 0.1) is 19.6 Å². The first kappa shape index (κ1) is 23.9. The molecule has 10 heteroatoms. The van der Waals surface area contributed by atoms with Crippen molar-refractivity contribution in [2.45, 2.75) is 25.9 Å². The number of likely N-dealkylation sites (tertiary alicyclic amines) is 1. The number of carbonyl (C=O) groups is 2. The summed E-state index contributed by atoms with van der Waals surface area (Å²) in [5, 5.41) is 11.8. The Balaban J connectivity index is 0.00000392. The maximum Gasteiger partial charge on any atom is 0.387 e. The lowest BCUT2D eigenvalue weighted by molar-refractivity contribution is -0.143. The van der Waals surface area contributed by atoms with E-state index in [1.165, 1.54) is 13.2 Å². The van der Waals surface area contributed by atoms with Crippen LogP contribution in [0.4, 0.5) is 8.78 Å². The number of halogens is 3. The van der Waals surface area contributed by atoms with Gasteiger partial charge < -0.3 is 19.9 Å². The standard InChI is InChI=1S/C18H24F2N2O5.ClH/c1-26-15-10-12(2-3-14(15)27-18(19)20)4-7-21-16(23)11-22-8-5-13(6-9-22)17(24)25;/h2-3,10,13,18H,4-9,11H2,1H3,(H,21,23)(H,24,25);1H. The maximum absolute atomic E-state index is 12.3. The number of benzene rings is 1. The highest BCUT2D eigenvalue weighted by molar-refractivity contribution is 5.85. The van der Waals surface area contributed by atoms with Crippen LogP contribution in [0.5, 0.6) is 11.5 Å². The van der Waals surface area contributed by atoms with Crippen LogP contribution in [-0.2, 0) is 16.0 Å². The summed E-state index contributed by atoms with van der Waals surface area (Å²) in [4.78, 5) is 24.9. The van der Waals surface area contributed by atoms with Gasteiger partial charge >= 0.3 is 12.6 Å². The molecule has 0 atom stereocenters. The predicted molar refractivity (Wildman–Crippen MR) is 100 cm³/mol. The fourth-order valence-electron chi connectivity index (χ4n) is 3.00. The molecule has 1 aliphatic heterocycles. The number of alkyl halides is 2. The molecule has 0 saturated carbocycles. The van der Waals surface area contributed by atoms with Gasteiger partial charge in [-0.2, -0.15) is 8.78 Å². The van der Waals surface area contributed by atoms with E-state index in [1.54, 1.807) is 12.1 Å². The largest absolute Gasteiger partial charge is 0.493 e. The predicted octanol–water partition coefficient (Wildman–Crippen LogP) is 2.17. The molecule has 0 aromatic heterocycles. The Hall–Kier alpha value is -2.13. The Morgan fingerprint density at radius 2 is 1.96 bits per heavy atom. The molecule has 0 unspecified atom stereocenters. The Labute approximate surface area is 168 Å². The summed E-state index contributed by atoms with van der Waals surface area (Å²) in [5.41, 5.74) is 0.816. The fraction of sp³-hybridized carbons (Fsp3) is 0.556. The number of aliphatic carboxylic acids is 1. The number of carboxylic acids is 1. The summed E-state index contributed by atoms with van der Waals surface area (Å²) in [6.07, 6.45) is 1.61. The van der Waals surface area contributed by atoms with Crippen molar-refractivity contribution >= 4 is 24.3 Å². The van der Waals surface area contributed by atoms with E-state index in [0.717, 1.165) is 5.56 Å². The normalized spacial score (nSPS) is 15.0. The molecular weight excluding hydrogens is 398 g/mol. The molecule has 0 radical (unpaired) electrons. The number of nitrogens with zero attached hydrogens (tertiary/aromatic N) is 1. The number of piperidine rings is 1. The molecular formula is C18H25ClF2N2O5. The minimum absolute atomic E-state index is 0. The summed E-state index contributed by atoms with van der Waals surface area (Å²) >= 11 is 0. The average molecular weight is 423 g/mol. The van der Waals surface area contributed by atoms with Crippen LogP contribution >= 0.6 is 12.4 Å². The first-order valence-electron chi connectivity index (χ1n) is 8.72. The molecule has 158 valence electrons. The summed E-state index contributed by atoms with van der Waals surface area (Å²) in [6, 6.07) is 4.65. The molecule has 0 spiro atoms. The van der Waals surface area contributed by atoms with Crippen molar-refractivity contribution in [3.8, 4) is 11.5 Å². The zero-order chi connectivity index (χ0) is 19.8. The zero-order valence-electron chi connectivity index (χ0n) is 15.5. The number of amides is 1. The summed E-state index contributed by atoms with van der Waals surface area (Å²) in [5.74, 6) is -1.06. The lowest BCUT2D eigenvalue weighted by Gasteiger charge is -2.29. The van der Waals surface area contributed by atoms with E-state index < -0.39 is 12.6 Å². The second-order valence-electron chi connectivity index (χ2n) is 6.35. The zero-order valence-corrected chi connectivity index (χ0v) is 16.3. The smallest absolute Gasteiger partial charge is 0.387 e. The summed E-state index contributed by atoms with van der Waals surface area (Å²) in [7, 11) is 1.37. The highest BCUT2D eigenvalue weighted by Crippen LogP contribution is 2.29. The van der Waals surface area contributed by atoms with Crippen LogP contribution in [0.25, 0.3) is 0 Å². The molecule has 1 heterocycles. The molecule has 1 aliphatic rings. The number of nitrogens with one attached hydrogen (secondary N) is 1. The van der Waals surface area contributed by atoms with Crippen LogP contribution in [0.1, 0.15) is 18.4 Å². The van der Waals surface area contributed by atoms with Crippen LogP contribution in [0.2, 0.25) is 0 Å². The van der Waals surface area contributed by atoms with Crippen molar-refractivity contribution in [1.29, 1.82) is 0 Å². The number of hydrogen-bond donors (Lipinski definition) is 2. The summed E-state index contributed by atoms with van der Waals surface area (Å²) in [6.45, 7) is -1.12. The van der Waals surface area contributed by atoms with Crippen LogP contribution in [-0.4, -0.2) is 61.8 Å². The van der Waals surface area contributed by atoms with Gasteiger partial charge in [-0.25, -0.2) is 0 Å². The van der Waals surface area contributed by atoms with Gasteiger partial charge in [-0.05, 0) is 50.0 Å². The Bertz CT molecular complexity index is 655. The van der Waals surface area contributed by atoms with E-state index in [2.05, 4.69) is 10.1 Å². The van der Waals surface area contributed by atoms with Crippen molar-refractivity contribution in [1.82, 2.24) is 10.2 Å². The van der Waals surface area contributed by atoms with Crippen molar-refractivity contribution < 1.29 is 33.0 Å². The van der Waals surface area contributed by atoms with E-state index in [9.17, 15) is 18.4 Å². The molecule has 0 bridgehead atoms. The van der Waals surface area contributed by atoms with Gasteiger partial charge in [-0.15, -0.1) is 12.4 Å². The number of hydrogen-bond acceptors (Lipinski definition) is 5. The molecule has 1 amide bonds. The van der Waals surface area contributed by atoms with Gasteiger partial charge in [0, 0.05) is 6.54 Å². The molecule has 7 nitrogen and oxygen atoms in total. The van der Waals surface area contributed by atoms with Crippen LogP contribution < -0.4 is 14.8 Å². The number of carbonyl (C=O) groups excluding carboxylic acids is 1. The second-order valence-corrected chi connectivity index (χ2v) is 6.35. The lowest BCUT2D eigenvalue weighted by Crippen LogP contribution is -2.43. The average Bonchev–Trinajstić information content (AvgIpc) is 2.62. The highest BCUT2D eigenvalue weighted by Gasteiger charge is 2.25. The third-order valence-electron chi connectivity index (χ3n) is 4.48. The Morgan fingerprint density at radius 3 is 2.54 bits per heavy atom. The Kier molecular flexibility index (Phi) is 9.95. The molecule has 1 fully saturated rings. The molecule has 2 rings (SSSR count). The van der Waals surface area contributed by atoms with Crippen LogP contribution in [0.15, 0.2) is 18.2 Å². The highest BCUT2D eigenvalue weighted by atomic mass is 35.5. The van der Waals surface area contributed by atoms with Crippen LogP contribution in [0.3, 0.4) is 0 Å². The van der Waals surface area contributed by atoms with Crippen molar-refractivity contribution in [3.63, 3.8) is 0 Å². The van der Waals surface area contributed by atoms with Crippen molar-refractivity contribution in [2.24, 2.45) is 5.92 Å². The van der Waals surface area contributed by atoms with Gasteiger partial charge in [-0.3, -0.25) is 14.5 Å². The van der Waals surface area contributed by atoms with Crippen molar-refractivity contribution in [3.05, 3.63) is 23.8 Å². The first-order chi connectivity index (χ1) is 12.9. The van der Waals surface area contributed by atoms with E-state index in [4.69, 9.17) is 9.84 Å². The molecule has 1 saturated heterocycles. The van der Waals surface area contributed by atoms with E-state index >= 15 is 0 Å². The van der Waals surface area contributed by atoms with E-state index in [-0.39, 0.29) is 42.3 Å². The summed E-state index contributed by atoms with van der Waals surface area (Å²) < 4.78 is 34.1. The van der Waals surface area contributed by atoms with Gasteiger partial charge in [0.25, 0.3) is 0 Å². The SMILES string of the molecule is COc1cc(CCNC(=O)CN2CCC(C(=O)O)CC2)ccc1OC(F)F.Cl. The quantitative estimate of drug-likeness (QED) is 0.634. The maximum atomic E-state index is 12.3. The third-order valence-corrected chi connectivity index (χ3v) is 4.48. The van der Waals surface area contributed by atoms with Gasteiger partial charge in [0.15, 0.2) is 11.5 Å².